The van der Waals surface area contributed by atoms with E-state index in [2.05, 4.69) is 36.1 Å². The second kappa shape index (κ2) is 5.89. The molecule has 0 amide bonds. The van der Waals surface area contributed by atoms with Gasteiger partial charge in [0.25, 0.3) is 0 Å². The summed E-state index contributed by atoms with van der Waals surface area (Å²) >= 11 is 6.31. The molecule has 100 valence electrons. The highest BCUT2D eigenvalue weighted by Crippen LogP contribution is 2.39. The van der Waals surface area contributed by atoms with E-state index < -0.39 is 0 Å². The van der Waals surface area contributed by atoms with Gasteiger partial charge in [-0.3, -0.25) is 0 Å². The first-order chi connectivity index (χ1) is 8.61. The van der Waals surface area contributed by atoms with E-state index >= 15 is 0 Å². The van der Waals surface area contributed by atoms with Gasteiger partial charge in [-0.05, 0) is 36.4 Å². The molecule has 1 aromatic heterocycles. The fourth-order valence-electron chi connectivity index (χ4n) is 2.21. The highest BCUT2D eigenvalue weighted by Gasteiger charge is 2.33. The average molecular weight is 268 g/mol. The van der Waals surface area contributed by atoms with Crippen molar-refractivity contribution in [3.05, 3.63) is 22.8 Å². The third-order valence-electron chi connectivity index (χ3n) is 3.60. The van der Waals surface area contributed by atoms with Crippen LogP contribution in [0.1, 0.15) is 25.8 Å². The van der Waals surface area contributed by atoms with Gasteiger partial charge in [-0.25, -0.2) is 4.98 Å². The number of nitrogens with one attached hydrogen (secondary N) is 1. The zero-order chi connectivity index (χ0) is 13.1. The first-order valence-electron chi connectivity index (χ1n) is 6.68. The molecule has 1 aliphatic carbocycles. The Kier molecular flexibility index (Phi) is 4.46. The zero-order valence-electron chi connectivity index (χ0n) is 11.4. The molecule has 0 aromatic carbocycles. The van der Waals surface area contributed by atoms with Crippen molar-refractivity contribution in [2.24, 2.45) is 11.8 Å². The minimum atomic E-state index is 0.751. The van der Waals surface area contributed by atoms with E-state index in [9.17, 15) is 0 Å². The van der Waals surface area contributed by atoms with Crippen molar-refractivity contribution in [3.8, 4) is 0 Å². The molecule has 0 aliphatic heterocycles. The molecule has 2 rings (SSSR count). The summed E-state index contributed by atoms with van der Waals surface area (Å²) in [6.07, 6.45) is 3.25. The summed E-state index contributed by atoms with van der Waals surface area (Å²) in [6.45, 7) is 7.23. The van der Waals surface area contributed by atoms with Crippen LogP contribution in [0.2, 0.25) is 5.02 Å². The van der Waals surface area contributed by atoms with Gasteiger partial charge >= 0.3 is 0 Å². The molecule has 0 radical (unpaired) electrons. The maximum absolute atomic E-state index is 6.31. The molecule has 0 bridgehead atoms. The topological polar surface area (TPSA) is 28.2 Å². The van der Waals surface area contributed by atoms with Crippen molar-refractivity contribution >= 4 is 17.4 Å². The van der Waals surface area contributed by atoms with Crippen LogP contribution in [-0.2, 0) is 6.54 Å². The number of rotatable bonds is 6. The lowest BCUT2D eigenvalue weighted by molar-refractivity contribution is 0.713. The molecular weight excluding hydrogens is 246 g/mol. The largest absolute Gasteiger partial charge is 0.358 e. The quantitative estimate of drug-likeness (QED) is 0.859. The Labute approximate surface area is 115 Å². The molecule has 1 aliphatic rings. The number of aromatic nitrogens is 1. The molecule has 1 saturated carbocycles. The van der Waals surface area contributed by atoms with Crippen LogP contribution in [0.3, 0.4) is 0 Å². The molecule has 18 heavy (non-hydrogen) atoms. The molecule has 1 fully saturated rings. The molecule has 0 spiro atoms. The molecule has 3 nitrogen and oxygen atoms in total. The van der Waals surface area contributed by atoms with Crippen LogP contribution in [0, 0.1) is 11.8 Å². The molecule has 2 unspecified atom stereocenters. The van der Waals surface area contributed by atoms with Crippen molar-refractivity contribution in [3.63, 3.8) is 0 Å². The highest BCUT2D eigenvalue weighted by atomic mass is 35.5. The van der Waals surface area contributed by atoms with Gasteiger partial charge < -0.3 is 10.2 Å². The Bertz CT molecular complexity index is 408. The van der Waals surface area contributed by atoms with E-state index in [0.29, 0.717) is 0 Å². The Morgan fingerprint density at radius 3 is 2.83 bits per heavy atom. The standard InChI is InChI=1S/C14H22ClN3/c1-4-16-7-11-6-13(15)14(17-8-11)18(3)9-12-5-10(12)2/h6,8,10,12,16H,4-5,7,9H2,1-3H3. The first kappa shape index (κ1) is 13.6. The Morgan fingerprint density at radius 1 is 1.56 bits per heavy atom. The van der Waals surface area contributed by atoms with E-state index in [1.165, 1.54) is 6.42 Å². The summed E-state index contributed by atoms with van der Waals surface area (Å²) in [4.78, 5) is 6.67. The minimum absolute atomic E-state index is 0.751. The van der Waals surface area contributed by atoms with E-state index in [1.807, 2.05) is 12.3 Å². The van der Waals surface area contributed by atoms with Gasteiger partial charge in [0.1, 0.15) is 5.82 Å². The van der Waals surface area contributed by atoms with Crippen molar-refractivity contribution in [1.29, 1.82) is 0 Å². The van der Waals surface area contributed by atoms with Gasteiger partial charge in [0.15, 0.2) is 0 Å². The molecule has 1 aromatic rings. The monoisotopic (exact) mass is 267 g/mol. The molecule has 0 saturated heterocycles. The summed E-state index contributed by atoms with van der Waals surface area (Å²) in [5.74, 6) is 2.57. The smallest absolute Gasteiger partial charge is 0.147 e. The van der Waals surface area contributed by atoms with Crippen LogP contribution < -0.4 is 10.2 Å². The normalized spacial score (nSPS) is 22.0. The lowest BCUT2D eigenvalue weighted by Crippen LogP contribution is -2.22. The number of hydrogen-bond acceptors (Lipinski definition) is 3. The predicted octanol–water partition coefficient (Wildman–Crippen LogP) is 2.94. The predicted molar refractivity (Wildman–Crippen MR) is 77.2 cm³/mol. The molecule has 1 heterocycles. The van der Waals surface area contributed by atoms with E-state index in [-0.39, 0.29) is 0 Å². The molecule has 1 N–H and O–H groups in total. The average Bonchev–Trinajstić information content (AvgIpc) is 3.02. The van der Waals surface area contributed by atoms with Gasteiger partial charge in [-0.1, -0.05) is 25.4 Å². The van der Waals surface area contributed by atoms with Crippen molar-refractivity contribution in [2.45, 2.75) is 26.8 Å². The number of nitrogens with zero attached hydrogens (tertiary/aromatic N) is 2. The number of anilines is 1. The number of pyridine rings is 1. The summed E-state index contributed by atoms with van der Waals surface area (Å²) in [6, 6.07) is 2.01. The molecule has 4 heteroatoms. The number of hydrogen-bond donors (Lipinski definition) is 1. The van der Waals surface area contributed by atoms with Crippen LogP contribution >= 0.6 is 11.6 Å². The third kappa shape index (κ3) is 3.36. The Morgan fingerprint density at radius 2 is 2.28 bits per heavy atom. The maximum Gasteiger partial charge on any atom is 0.147 e. The summed E-state index contributed by atoms with van der Waals surface area (Å²) in [5.41, 5.74) is 1.14. The van der Waals surface area contributed by atoms with Gasteiger partial charge in [-0.15, -0.1) is 0 Å². The van der Waals surface area contributed by atoms with E-state index in [4.69, 9.17) is 11.6 Å². The van der Waals surface area contributed by atoms with Crippen LogP contribution in [0.15, 0.2) is 12.3 Å². The van der Waals surface area contributed by atoms with Crippen molar-refractivity contribution in [2.75, 3.05) is 25.0 Å². The van der Waals surface area contributed by atoms with Crippen LogP contribution in [0.5, 0.6) is 0 Å². The third-order valence-corrected chi connectivity index (χ3v) is 3.88. The van der Waals surface area contributed by atoms with Gasteiger partial charge in [0.2, 0.25) is 0 Å². The van der Waals surface area contributed by atoms with Crippen LogP contribution in [0.25, 0.3) is 0 Å². The number of halogens is 1. The fraction of sp³-hybridized carbons (Fsp3) is 0.643. The summed E-state index contributed by atoms with van der Waals surface area (Å²) in [7, 11) is 2.07. The minimum Gasteiger partial charge on any atom is -0.358 e. The molecular formula is C14H22ClN3. The van der Waals surface area contributed by atoms with Crippen LogP contribution in [0.4, 0.5) is 5.82 Å². The van der Waals surface area contributed by atoms with Gasteiger partial charge in [0, 0.05) is 26.3 Å². The lowest BCUT2D eigenvalue weighted by atomic mass is 10.2. The lowest BCUT2D eigenvalue weighted by Gasteiger charge is -2.19. The van der Waals surface area contributed by atoms with E-state index in [0.717, 1.165) is 47.9 Å². The van der Waals surface area contributed by atoms with E-state index in [1.54, 1.807) is 0 Å². The van der Waals surface area contributed by atoms with Crippen molar-refractivity contribution in [1.82, 2.24) is 10.3 Å². The highest BCUT2D eigenvalue weighted by molar-refractivity contribution is 6.33. The zero-order valence-corrected chi connectivity index (χ0v) is 12.2. The first-order valence-corrected chi connectivity index (χ1v) is 7.06. The SMILES string of the molecule is CCNCc1cnc(N(C)CC2CC2C)c(Cl)c1. The Balaban J connectivity index is 1.99. The fourth-order valence-corrected chi connectivity index (χ4v) is 2.54. The molecule has 2 atom stereocenters. The van der Waals surface area contributed by atoms with Crippen LogP contribution in [-0.4, -0.2) is 25.1 Å². The maximum atomic E-state index is 6.31. The summed E-state index contributed by atoms with van der Waals surface area (Å²) in [5, 5.41) is 4.03. The van der Waals surface area contributed by atoms with Gasteiger partial charge in [-0.2, -0.15) is 0 Å². The Hall–Kier alpha value is -0.800. The van der Waals surface area contributed by atoms with Gasteiger partial charge in [0.05, 0.1) is 5.02 Å². The second-order valence-electron chi connectivity index (χ2n) is 5.28. The second-order valence-corrected chi connectivity index (χ2v) is 5.69. The van der Waals surface area contributed by atoms with Crippen molar-refractivity contribution < 1.29 is 0 Å². The summed E-state index contributed by atoms with van der Waals surface area (Å²) < 4.78 is 0.